The van der Waals surface area contributed by atoms with Gasteiger partial charge in [-0.1, -0.05) is 17.7 Å². The topological polar surface area (TPSA) is 133 Å². The maximum Gasteiger partial charge on any atom is 0.281 e. The minimum Gasteiger partial charge on any atom is -0.369 e. The van der Waals surface area contributed by atoms with Crippen molar-refractivity contribution in [3.05, 3.63) is 57.9 Å². The lowest BCUT2D eigenvalue weighted by molar-refractivity contribution is -0.122. The van der Waals surface area contributed by atoms with Crippen LogP contribution >= 0.6 is 0 Å². The largest absolute Gasteiger partial charge is 0.369 e. The maximum absolute atomic E-state index is 13.5. The predicted molar refractivity (Wildman–Crippen MR) is 140 cm³/mol. The van der Waals surface area contributed by atoms with Crippen molar-refractivity contribution < 1.29 is 13.2 Å². The zero-order valence-corrected chi connectivity index (χ0v) is 21.8. The van der Waals surface area contributed by atoms with Crippen LogP contribution in [0.4, 0.5) is 5.69 Å². The van der Waals surface area contributed by atoms with Gasteiger partial charge in [0, 0.05) is 38.4 Å². The molecule has 2 N–H and O–H groups in total. The van der Waals surface area contributed by atoms with Crippen molar-refractivity contribution in [2.75, 3.05) is 44.2 Å². The first-order valence-electron chi connectivity index (χ1n) is 12.2. The Balaban J connectivity index is 1.50. The van der Waals surface area contributed by atoms with Gasteiger partial charge in [-0.05, 0) is 50.6 Å². The minimum absolute atomic E-state index is 0.0155. The van der Waals surface area contributed by atoms with Gasteiger partial charge in [-0.25, -0.2) is 18.1 Å². The van der Waals surface area contributed by atoms with E-state index in [2.05, 4.69) is 30.4 Å². The van der Waals surface area contributed by atoms with Crippen LogP contribution in [0.5, 0.6) is 0 Å². The summed E-state index contributed by atoms with van der Waals surface area (Å²) in [4.78, 5) is 33.3. The fourth-order valence-corrected chi connectivity index (χ4v) is 6.28. The number of fused-ring (bicyclic) bond motifs is 3. The summed E-state index contributed by atoms with van der Waals surface area (Å²) in [5.41, 5.74) is 2.36. The predicted octanol–water partition coefficient (Wildman–Crippen LogP) is 1.28. The number of carbonyl (C=O) groups excluding carboxylic acids is 1. The van der Waals surface area contributed by atoms with E-state index in [0.717, 1.165) is 24.3 Å². The number of anilines is 1. The highest BCUT2D eigenvalue weighted by Crippen LogP contribution is 2.27. The average molecular weight is 524 g/mol. The van der Waals surface area contributed by atoms with Crippen LogP contribution in [0.2, 0.25) is 0 Å². The molecule has 0 saturated carbocycles. The zero-order chi connectivity index (χ0) is 26.3. The minimum atomic E-state index is -4.02. The number of carbonyl (C=O) groups is 1. The number of piperazine rings is 1. The maximum atomic E-state index is 13.5. The van der Waals surface area contributed by atoms with Gasteiger partial charge < -0.3 is 10.2 Å². The van der Waals surface area contributed by atoms with Crippen molar-refractivity contribution in [3.63, 3.8) is 0 Å². The Hall–Kier alpha value is -3.77. The Morgan fingerprint density at radius 2 is 1.84 bits per heavy atom. The van der Waals surface area contributed by atoms with E-state index in [1.807, 2.05) is 26.0 Å². The SMILES string of the molecule is CCNC(=O)CN1CCN(c2ccc3c(=O)nc4c(S(=O)(=O)c5ccc(C)cc5C)n[nH]n4c3c2)CC1. The second-order valence-corrected chi connectivity index (χ2v) is 11.1. The molecule has 0 unspecified atom stereocenters. The quantitative estimate of drug-likeness (QED) is 0.386. The van der Waals surface area contributed by atoms with Gasteiger partial charge in [-0.15, -0.1) is 5.10 Å². The van der Waals surface area contributed by atoms with Crippen LogP contribution in [-0.4, -0.2) is 78.3 Å². The van der Waals surface area contributed by atoms with E-state index in [4.69, 9.17) is 0 Å². The molecule has 0 bridgehead atoms. The normalized spacial score (nSPS) is 14.9. The smallest absolute Gasteiger partial charge is 0.281 e. The second-order valence-electron chi connectivity index (χ2n) is 9.28. The number of aromatic nitrogens is 4. The highest BCUT2D eigenvalue weighted by atomic mass is 32.2. The van der Waals surface area contributed by atoms with Crippen molar-refractivity contribution in [2.45, 2.75) is 30.7 Å². The molecule has 2 aromatic heterocycles. The molecule has 2 aromatic carbocycles. The number of likely N-dealkylation sites (N-methyl/N-ethyl adjacent to an activating group) is 1. The van der Waals surface area contributed by atoms with E-state index in [1.165, 1.54) is 4.52 Å². The molecule has 1 aliphatic rings. The number of benzene rings is 2. The van der Waals surface area contributed by atoms with Crippen LogP contribution in [0.15, 0.2) is 51.1 Å². The summed E-state index contributed by atoms with van der Waals surface area (Å²) in [6.45, 7) is 9.37. The number of nitrogens with zero attached hydrogens (tertiary/aromatic N) is 5. The van der Waals surface area contributed by atoms with Crippen LogP contribution in [0.3, 0.4) is 0 Å². The average Bonchev–Trinajstić information content (AvgIpc) is 3.29. The Labute approximate surface area is 214 Å². The van der Waals surface area contributed by atoms with E-state index >= 15 is 0 Å². The van der Waals surface area contributed by atoms with Crippen molar-refractivity contribution in [1.29, 1.82) is 0 Å². The third-order valence-corrected chi connectivity index (χ3v) is 8.49. The van der Waals surface area contributed by atoms with Crippen molar-refractivity contribution in [1.82, 2.24) is 30.0 Å². The Morgan fingerprint density at radius 1 is 1.08 bits per heavy atom. The highest BCUT2D eigenvalue weighted by Gasteiger charge is 2.28. The fourth-order valence-electron chi connectivity index (χ4n) is 4.80. The third kappa shape index (κ3) is 4.58. The molecule has 194 valence electrons. The molecule has 5 rings (SSSR count). The van der Waals surface area contributed by atoms with Gasteiger partial charge in [0.05, 0.1) is 22.3 Å². The van der Waals surface area contributed by atoms with E-state index in [-0.39, 0.29) is 21.5 Å². The van der Waals surface area contributed by atoms with Gasteiger partial charge in [0.2, 0.25) is 20.8 Å². The second kappa shape index (κ2) is 9.60. The van der Waals surface area contributed by atoms with Gasteiger partial charge >= 0.3 is 0 Å². The first-order chi connectivity index (χ1) is 17.7. The Morgan fingerprint density at radius 3 is 2.54 bits per heavy atom. The molecule has 11 nitrogen and oxygen atoms in total. The number of hydrogen-bond donors (Lipinski definition) is 2. The van der Waals surface area contributed by atoms with Crippen LogP contribution in [0.1, 0.15) is 18.1 Å². The zero-order valence-electron chi connectivity index (χ0n) is 21.0. The lowest BCUT2D eigenvalue weighted by Crippen LogP contribution is -2.49. The summed E-state index contributed by atoms with van der Waals surface area (Å²) in [6.07, 6.45) is 0. The molecule has 1 saturated heterocycles. The Bertz CT molecular complexity index is 1670. The first-order valence-corrected chi connectivity index (χ1v) is 13.6. The number of aromatic amines is 1. The van der Waals surface area contributed by atoms with Crippen LogP contribution in [0.25, 0.3) is 16.6 Å². The molecule has 3 heterocycles. The summed E-state index contributed by atoms with van der Waals surface area (Å²) in [5.74, 6) is 0.0155. The molecule has 1 fully saturated rings. The van der Waals surface area contributed by atoms with Gasteiger partial charge in [-0.2, -0.15) is 4.98 Å². The molecular formula is C25H29N7O4S. The summed E-state index contributed by atoms with van der Waals surface area (Å²) >= 11 is 0. The van der Waals surface area contributed by atoms with E-state index < -0.39 is 15.4 Å². The molecule has 1 aliphatic heterocycles. The lowest BCUT2D eigenvalue weighted by Gasteiger charge is -2.35. The van der Waals surface area contributed by atoms with Gasteiger partial charge in [0.15, 0.2) is 5.65 Å². The fraction of sp³-hybridized carbons (Fsp3) is 0.360. The van der Waals surface area contributed by atoms with Crippen molar-refractivity contribution in [2.24, 2.45) is 0 Å². The van der Waals surface area contributed by atoms with Gasteiger partial charge in [-0.3, -0.25) is 14.5 Å². The van der Waals surface area contributed by atoms with Gasteiger partial charge in [0.1, 0.15) is 0 Å². The summed E-state index contributed by atoms with van der Waals surface area (Å²) < 4.78 is 28.4. The molecule has 0 spiro atoms. The van der Waals surface area contributed by atoms with Crippen LogP contribution in [0, 0.1) is 13.8 Å². The van der Waals surface area contributed by atoms with Crippen LogP contribution < -0.4 is 15.8 Å². The standard InChI is InChI=1S/C25H29N7O4S/c1-4-26-22(33)15-30-9-11-31(12-10-30)18-6-7-19-20(14-18)32-23(27-24(19)34)25(28-29-32)37(35,36)21-8-5-16(2)13-17(21)3/h5-8,13-14,29H,4,9-12,15H2,1-3H3,(H,26,33). The molecular weight excluding hydrogens is 494 g/mol. The number of H-pyrrole nitrogens is 1. The molecule has 0 atom stereocenters. The monoisotopic (exact) mass is 523 g/mol. The number of hydrogen-bond acceptors (Lipinski definition) is 8. The molecule has 0 aliphatic carbocycles. The van der Waals surface area contributed by atoms with Crippen molar-refractivity contribution in [3.8, 4) is 0 Å². The van der Waals surface area contributed by atoms with Crippen molar-refractivity contribution >= 4 is 38.0 Å². The summed E-state index contributed by atoms with van der Waals surface area (Å²) in [6, 6.07) is 10.5. The molecule has 0 radical (unpaired) electrons. The number of aryl methyl sites for hydroxylation is 2. The first kappa shape index (κ1) is 24.9. The van der Waals surface area contributed by atoms with Crippen LogP contribution in [-0.2, 0) is 14.6 Å². The number of amides is 1. The Kier molecular flexibility index (Phi) is 6.46. The third-order valence-electron chi connectivity index (χ3n) is 6.67. The molecule has 4 aromatic rings. The number of nitrogens with one attached hydrogen (secondary N) is 2. The molecule has 12 heteroatoms. The summed E-state index contributed by atoms with van der Waals surface area (Å²) in [5, 5.41) is 9.72. The number of rotatable bonds is 6. The summed E-state index contributed by atoms with van der Waals surface area (Å²) in [7, 11) is -4.02. The van der Waals surface area contributed by atoms with Gasteiger partial charge in [0.25, 0.3) is 5.56 Å². The lowest BCUT2D eigenvalue weighted by atomic mass is 10.2. The number of sulfone groups is 1. The molecule has 1 amide bonds. The molecule has 37 heavy (non-hydrogen) atoms. The van der Waals surface area contributed by atoms with E-state index in [1.54, 1.807) is 31.2 Å². The highest BCUT2D eigenvalue weighted by molar-refractivity contribution is 7.91. The van der Waals surface area contributed by atoms with E-state index in [9.17, 15) is 18.0 Å². The van der Waals surface area contributed by atoms with E-state index in [0.29, 0.717) is 42.6 Å².